The number of benzene rings is 1. The highest BCUT2D eigenvalue weighted by molar-refractivity contribution is 7.94. The van der Waals surface area contributed by atoms with Crippen LogP contribution in [0.5, 0.6) is 0 Å². The van der Waals surface area contributed by atoms with E-state index < -0.39 is 37.0 Å². The summed E-state index contributed by atoms with van der Waals surface area (Å²) >= 11 is 0. The zero-order valence-electron chi connectivity index (χ0n) is 9.35. The van der Waals surface area contributed by atoms with Crippen LogP contribution in [-0.2, 0) is 20.0 Å². The van der Waals surface area contributed by atoms with Gasteiger partial charge in [-0.3, -0.25) is 4.55 Å². The minimum Gasteiger partial charge on any atom is -0.380 e. The molecule has 1 fully saturated rings. The molecule has 1 aliphatic rings. The van der Waals surface area contributed by atoms with E-state index in [-0.39, 0.29) is 5.75 Å². The molecule has 6 nitrogen and oxygen atoms in total. The lowest BCUT2D eigenvalue weighted by Gasteiger charge is -2.18. The smallest absolute Gasteiger partial charge is 0.270 e. The minimum atomic E-state index is -4.38. The molecule has 18 heavy (non-hydrogen) atoms. The van der Waals surface area contributed by atoms with Crippen LogP contribution in [0, 0.1) is 0 Å². The number of para-hydroxylation sites is 1. The lowest BCUT2D eigenvalue weighted by atomic mass is 10.2. The summed E-state index contributed by atoms with van der Waals surface area (Å²) in [6.45, 7) is 0. The molecule has 0 bridgehead atoms. The third-order valence-corrected chi connectivity index (χ3v) is 6.01. The molecule has 1 heterocycles. The van der Waals surface area contributed by atoms with Gasteiger partial charge in [-0.25, -0.2) is 8.42 Å². The van der Waals surface area contributed by atoms with Gasteiger partial charge in [0.15, 0.2) is 9.84 Å². The van der Waals surface area contributed by atoms with Crippen LogP contribution in [-0.4, -0.2) is 44.2 Å². The molecule has 0 amide bonds. The molecule has 0 saturated carbocycles. The van der Waals surface area contributed by atoms with E-state index in [0.717, 1.165) is 0 Å². The summed E-state index contributed by atoms with van der Waals surface area (Å²) < 4.78 is 54.4. The Hall–Kier alpha value is -1.12. The maximum absolute atomic E-state index is 11.5. The van der Waals surface area contributed by atoms with Crippen molar-refractivity contribution >= 4 is 25.6 Å². The molecule has 100 valence electrons. The van der Waals surface area contributed by atoms with Crippen LogP contribution in [0.1, 0.15) is 0 Å². The van der Waals surface area contributed by atoms with Crippen molar-refractivity contribution in [2.45, 2.75) is 11.3 Å². The van der Waals surface area contributed by atoms with E-state index in [4.69, 9.17) is 4.55 Å². The van der Waals surface area contributed by atoms with Gasteiger partial charge in [0.25, 0.3) is 10.1 Å². The lowest BCUT2D eigenvalue weighted by molar-refractivity contribution is 0.467. The van der Waals surface area contributed by atoms with Crippen molar-refractivity contribution in [3.63, 3.8) is 0 Å². The SMILES string of the molecule is O=S1(=O)C[C@@H](S(=O)(=O)O)[C@H](Nc2ccccc2)C1. The first kappa shape index (κ1) is 13.3. The summed E-state index contributed by atoms with van der Waals surface area (Å²) in [5.74, 6) is -0.845. The minimum absolute atomic E-state index is 0.299. The Balaban J connectivity index is 2.26. The summed E-state index contributed by atoms with van der Waals surface area (Å²) in [4.78, 5) is 0. The van der Waals surface area contributed by atoms with Crippen LogP contribution in [0.3, 0.4) is 0 Å². The zero-order chi connectivity index (χ0) is 13.4. The second kappa shape index (κ2) is 4.52. The van der Waals surface area contributed by atoms with Gasteiger partial charge in [-0.1, -0.05) is 18.2 Å². The van der Waals surface area contributed by atoms with Gasteiger partial charge < -0.3 is 5.32 Å². The first-order chi connectivity index (χ1) is 8.28. The predicted molar refractivity (Wildman–Crippen MR) is 67.8 cm³/mol. The number of sulfone groups is 1. The fourth-order valence-corrected chi connectivity index (χ4v) is 5.73. The van der Waals surface area contributed by atoms with Crippen LogP contribution < -0.4 is 5.32 Å². The Morgan fingerprint density at radius 2 is 1.78 bits per heavy atom. The highest BCUT2D eigenvalue weighted by atomic mass is 32.2. The Morgan fingerprint density at radius 1 is 1.17 bits per heavy atom. The molecule has 1 aromatic rings. The maximum Gasteiger partial charge on any atom is 0.270 e. The fourth-order valence-electron chi connectivity index (χ4n) is 1.99. The summed E-state index contributed by atoms with van der Waals surface area (Å²) in [6, 6.07) is 7.85. The second-order valence-corrected chi connectivity index (χ2v) is 8.04. The van der Waals surface area contributed by atoms with Gasteiger partial charge in [0.05, 0.1) is 17.5 Å². The molecule has 0 aromatic heterocycles. The van der Waals surface area contributed by atoms with Crippen molar-refractivity contribution in [2.75, 3.05) is 16.8 Å². The van der Waals surface area contributed by atoms with E-state index in [0.29, 0.717) is 5.69 Å². The Morgan fingerprint density at radius 3 is 2.33 bits per heavy atom. The van der Waals surface area contributed by atoms with Gasteiger partial charge in [0.1, 0.15) is 5.25 Å². The zero-order valence-corrected chi connectivity index (χ0v) is 11.0. The van der Waals surface area contributed by atoms with E-state index in [2.05, 4.69) is 5.32 Å². The third-order valence-electron chi connectivity index (χ3n) is 2.81. The largest absolute Gasteiger partial charge is 0.380 e. The Bertz CT molecular complexity index is 623. The van der Waals surface area contributed by atoms with Gasteiger partial charge in [-0.2, -0.15) is 8.42 Å². The molecule has 2 rings (SSSR count). The topological polar surface area (TPSA) is 101 Å². The monoisotopic (exact) mass is 291 g/mol. The van der Waals surface area contributed by atoms with Gasteiger partial charge in [-0.15, -0.1) is 0 Å². The molecule has 0 spiro atoms. The van der Waals surface area contributed by atoms with Crippen LogP contribution >= 0.6 is 0 Å². The Kier molecular flexibility index (Phi) is 3.35. The van der Waals surface area contributed by atoms with Crippen molar-refractivity contribution in [3.8, 4) is 0 Å². The number of anilines is 1. The molecular weight excluding hydrogens is 278 g/mol. The molecule has 0 radical (unpaired) electrons. The molecule has 0 aliphatic carbocycles. The van der Waals surface area contributed by atoms with Crippen molar-refractivity contribution in [1.82, 2.24) is 0 Å². The van der Waals surface area contributed by atoms with Crippen molar-refractivity contribution < 1.29 is 21.4 Å². The third kappa shape index (κ3) is 3.01. The van der Waals surface area contributed by atoms with E-state index in [1.165, 1.54) is 0 Å². The highest BCUT2D eigenvalue weighted by Crippen LogP contribution is 2.22. The molecular formula is C10H13NO5S2. The number of rotatable bonds is 3. The van der Waals surface area contributed by atoms with Gasteiger partial charge >= 0.3 is 0 Å². The van der Waals surface area contributed by atoms with Crippen LogP contribution in [0.4, 0.5) is 5.69 Å². The molecule has 1 aromatic carbocycles. The average molecular weight is 291 g/mol. The molecule has 0 unspecified atom stereocenters. The van der Waals surface area contributed by atoms with E-state index in [9.17, 15) is 16.8 Å². The van der Waals surface area contributed by atoms with E-state index >= 15 is 0 Å². The highest BCUT2D eigenvalue weighted by Gasteiger charge is 2.44. The van der Waals surface area contributed by atoms with E-state index in [1.54, 1.807) is 30.3 Å². The van der Waals surface area contributed by atoms with Crippen LogP contribution in [0.2, 0.25) is 0 Å². The summed E-state index contributed by atoms with van der Waals surface area (Å²) in [5.41, 5.74) is 0.619. The maximum atomic E-state index is 11.5. The molecule has 1 aliphatic heterocycles. The first-order valence-electron chi connectivity index (χ1n) is 5.26. The van der Waals surface area contributed by atoms with Crippen LogP contribution in [0.15, 0.2) is 30.3 Å². The van der Waals surface area contributed by atoms with Crippen molar-refractivity contribution in [3.05, 3.63) is 30.3 Å². The summed E-state index contributed by atoms with van der Waals surface area (Å²) in [7, 11) is -7.83. The number of nitrogens with one attached hydrogen (secondary N) is 1. The predicted octanol–water partition coefficient (Wildman–Crippen LogP) is 0.152. The Labute approximate surface area is 106 Å². The fraction of sp³-hybridized carbons (Fsp3) is 0.400. The van der Waals surface area contributed by atoms with Gasteiger partial charge in [0, 0.05) is 5.69 Å². The van der Waals surface area contributed by atoms with Gasteiger partial charge in [0.2, 0.25) is 0 Å². The number of hydrogen-bond acceptors (Lipinski definition) is 5. The summed E-state index contributed by atoms with van der Waals surface area (Å²) in [6.07, 6.45) is 0. The van der Waals surface area contributed by atoms with Crippen molar-refractivity contribution in [1.29, 1.82) is 0 Å². The first-order valence-corrected chi connectivity index (χ1v) is 8.59. The normalized spacial score (nSPS) is 26.9. The lowest BCUT2D eigenvalue weighted by Crippen LogP contribution is -2.37. The standard InChI is InChI=1S/C10H13NO5S2/c12-17(13)6-9(10(7-17)18(14,15)16)11-8-4-2-1-3-5-8/h1-5,9-11H,6-7H2,(H,14,15,16)/t9-,10-/m1/s1. The molecule has 2 atom stereocenters. The average Bonchev–Trinajstić information content (AvgIpc) is 2.55. The van der Waals surface area contributed by atoms with Gasteiger partial charge in [-0.05, 0) is 12.1 Å². The molecule has 8 heteroatoms. The number of hydrogen-bond donors (Lipinski definition) is 2. The van der Waals surface area contributed by atoms with Crippen LogP contribution in [0.25, 0.3) is 0 Å². The van der Waals surface area contributed by atoms with Crippen molar-refractivity contribution in [2.24, 2.45) is 0 Å². The quantitative estimate of drug-likeness (QED) is 0.769. The van der Waals surface area contributed by atoms with E-state index in [1.807, 2.05) is 0 Å². The second-order valence-electron chi connectivity index (χ2n) is 4.25. The molecule has 1 saturated heterocycles. The molecule has 2 N–H and O–H groups in total. The summed E-state index contributed by atoms with van der Waals surface area (Å²) in [5, 5.41) is 1.52.